The number of para-hydroxylation sites is 2. The van der Waals surface area contributed by atoms with Gasteiger partial charge < -0.3 is 14.7 Å². The van der Waals surface area contributed by atoms with Gasteiger partial charge in [0, 0.05) is 18.7 Å². The van der Waals surface area contributed by atoms with Crippen LogP contribution in [0, 0.1) is 6.92 Å². The minimum Gasteiger partial charge on any atom is -0.399 e. The molecule has 0 saturated heterocycles. The van der Waals surface area contributed by atoms with E-state index in [1.807, 2.05) is 43.3 Å². The van der Waals surface area contributed by atoms with E-state index >= 15 is 0 Å². The molecule has 1 heterocycles. The van der Waals surface area contributed by atoms with Crippen molar-refractivity contribution in [2.24, 2.45) is 5.16 Å². The molecule has 0 spiro atoms. The first kappa shape index (κ1) is 16.7. The normalized spacial score (nSPS) is 11.1. The second-order valence-electron chi connectivity index (χ2n) is 5.59. The summed E-state index contributed by atoms with van der Waals surface area (Å²) in [6, 6.07) is 15.2. The number of carbonyl (C=O) groups is 1. The van der Waals surface area contributed by atoms with Crippen LogP contribution in [0.2, 0.25) is 0 Å². The Morgan fingerprint density at radius 3 is 2.76 bits per heavy atom. The highest BCUT2D eigenvalue weighted by atomic mass is 16.6. The van der Waals surface area contributed by atoms with Gasteiger partial charge in [-0.2, -0.15) is 0 Å². The van der Waals surface area contributed by atoms with Gasteiger partial charge in [-0.15, -0.1) is 0 Å². The molecular weight excluding hydrogens is 316 g/mol. The highest BCUT2D eigenvalue weighted by Crippen LogP contribution is 2.14. The summed E-state index contributed by atoms with van der Waals surface area (Å²) < 4.78 is 2.11. The molecule has 0 unspecified atom stereocenters. The molecule has 3 aromatic rings. The van der Waals surface area contributed by atoms with Crippen LogP contribution >= 0.6 is 0 Å². The number of oxime groups is 1. The molecule has 0 fully saturated rings. The topological polar surface area (TPSA) is 68.5 Å². The molecule has 0 radical (unpaired) electrons. The van der Waals surface area contributed by atoms with Crippen LogP contribution in [0.4, 0.5) is 0 Å². The number of aryl methyl sites for hydroxylation is 1. The molecule has 1 aromatic heterocycles. The zero-order valence-corrected chi connectivity index (χ0v) is 14.3. The second-order valence-corrected chi connectivity index (χ2v) is 5.59. The average Bonchev–Trinajstić information content (AvgIpc) is 2.96. The maximum absolute atomic E-state index is 12.3. The first-order valence-electron chi connectivity index (χ1n) is 8.05. The Labute approximate surface area is 146 Å². The molecule has 0 aliphatic carbocycles. The standard InChI is InChI=1S/C19H20N4O2/c1-14-22-17-5-3-4-6-18(17)23(14)12-11-20-19(24)16-9-7-15(8-10-16)13-21-25-2/h3-10,13H,11-12H2,1-2H3,(H,20,24)/b21-13+. The lowest BCUT2D eigenvalue weighted by Crippen LogP contribution is -2.27. The second kappa shape index (κ2) is 7.61. The molecule has 3 rings (SSSR count). The van der Waals surface area contributed by atoms with Crippen LogP contribution in [-0.2, 0) is 11.4 Å². The summed E-state index contributed by atoms with van der Waals surface area (Å²) in [6.07, 6.45) is 1.59. The van der Waals surface area contributed by atoms with E-state index in [4.69, 9.17) is 0 Å². The summed E-state index contributed by atoms with van der Waals surface area (Å²) in [5, 5.41) is 6.64. The van der Waals surface area contributed by atoms with Crippen LogP contribution in [0.25, 0.3) is 11.0 Å². The minimum atomic E-state index is -0.0997. The predicted octanol–water partition coefficient (Wildman–Crippen LogP) is 2.76. The molecule has 2 aromatic carbocycles. The van der Waals surface area contributed by atoms with Gasteiger partial charge in [-0.3, -0.25) is 4.79 Å². The van der Waals surface area contributed by atoms with Gasteiger partial charge in [-0.05, 0) is 36.8 Å². The fraction of sp³-hybridized carbons (Fsp3) is 0.211. The minimum absolute atomic E-state index is 0.0997. The van der Waals surface area contributed by atoms with Crippen molar-refractivity contribution in [2.45, 2.75) is 13.5 Å². The Morgan fingerprint density at radius 1 is 1.24 bits per heavy atom. The van der Waals surface area contributed by atoms with Crippen LogP contribution in [0.3, 0.4) is 0 Å². The number of imidazole rings is 1. The number of carbonyl (C=O) groups excluding carboxylic acids is 1. The number of nitrogens with zero attached hydrogens (tertiary/aromatic N) is 3. The van der Waals surface area contributed by atoms with E-state index in [9.17, 15) is 4.79 Å². The Morgan fingerprint density at radius 2 is 2.00 bits per heavy atom. The lowest BCUT2D eigenvalue weighted by molar-refractivity contribution is 0.0952. The average molecular weight is 336 g/mol. The van der Waals surface area contributed by atoms with E-state index in [0.717, 1.165) is 22.4 Å². The lowest BCUT2D eigenvalue weighted by atomic mass is 10.1. The monoisotopic (exact) mass is 336 g/mol. The number of fused-ring (bicyclic) bond motifs is 1. The van der Waals surface area contributed by atoms with Crippen molar-refractivity contribution in [3.8, 4) is 0 Å². The van der Waals surface area contributed by atoms with E-state index in [2.05, 4.69) is 24.9 Å². The first-order chi connectivity index (χ1) is 12.2. The number of hydrogen-bond acceptors (Lipinski definition) is 4. The lowest BCUT2D eigenvalue weighted by Gasteiger charge is -2.09. The molecule has 0 saturated carbocycles. The third-order valence-corrected chi connectivity index (χ3v) is 3.95. The van der Waals surface area contributed by atoms with E-state index in [1.165, 1.54) is 7.11 Å². The molecule has 6 heteroatoms. The van der Waals surface area contributed by atoms with E-state index in [0.29, 0.717) is 18.7 Å². The Balaban J connectivity index is 1.60. The smallest absolute Gasteiger partial charge is 0.251 e. The van der Waals surface area contributed by atoms with Crippen LogP contribution in [0.15, 0.2) is 53.7 Å². The summed E-state index contributed by atoms with van der Waals surface area (Å²) in [5.41, 5.74) is 3.54. The summed E-state index contributed by atoms with van der Waals surface area (Å²) in [6.45, 7) is 3.19. The number of benzene rings is 2. The highest BCUT2D eigenvalue weighted by molar-refractivity contribution is 5.95. The van der Waals surface area contributed by atoms with Gasteiger partial charge in [-0.1, -0.05) is 29.4 Å². The van der Waals surface area contributed by atoms with E-state index in [-0.39, 0.29) is 5.91 Å². The number of rotatable bonds is 6. The van der Waals surface area contributed by atoms with Crippen LogP contribution in [-0.4, -0.2) is 35.3 Å². The fourth-order valence-corrected chi connectivity index (χ4v) is 2.70. The van der Waals surface area contributed by atoms with Gasteiger partial charge >= 0.3 is 0 Å². The largest absolute Gasteiger partial charge is 0.399 e. The number of aromatic nitrogens is 2. The molecule has 1 amide bonds. The molecule has 6 nitrogen and oxygen atoms in total. The van der Waals surface area contributed by atoms with Gasteiger partial charge in [0.1, 0.15) is 12.9 Å². The molecule has 1 N–H and O–H groups in total. The number of hydrogen-bond donors (Lipinski definition) is 1. The molecule has 0 aliphatic rings. The van der Waals surface area contributed by atoms with Crippen molar-refractivity contribution in [3.05, 3.63) is 65.5 Å². The summed E-state index contributed by atoms with van der Waals surface area (Å²) >= 11 is 0. The third kappa shape index (κ3) is 3.85. The summed E-state index contributed by atoms with van der Waals surface area (Å²) in [7, 11) is 1.49. The van der Waals surface area contributed by atoms with Crippen LogP contribution in [0.5, 0.6) is 0 Å². The Bertz CT molecular complexity index is 897. The van der Waals surface area contributed by atoms with Gasteiger partial charge in [0.25, 0.3) is 5.91 Å². The number of nitrogens with one attached hydrogen (secondary N) is 1. The van der Waals surface area contributed by atoms with Crippen molar-refractivity contribution in [1.29, 1.82) is 0 Å². The Hall–Kier alpha value is -3.15. The fourth-order valence-electron chi connectivity index (χ4n) is 2.70. The van der Waals surface area contributed by atoms with E-state index in [1.54, 1.807) is 18.3 Å². The number of amides is 1. The van der Waals surface area contributed by atoms with Gasteiger partial charge in [0.05, 0.1) is 17.2 Å². The maximum atomic E-state index is 12.3. The van der Waals surface area contributed by atoms with Crippen molar-refractivity contribution in [3.63, 3.8) is 0 Å². The molecule has 0 atom stereocenters. The third-order valence-electron chi connectivity index (χ3n) is 3.95. The predicted molar refractivity (Wildman–Crippen MR) is 97.8 cm³/mol. The van der Waals surface area contributed by atoms with Gasteiger partial charge in [0.15, 0.2) is 0 Å². The van der Waals surface area contributed by atoms with E-state index < -0.39 is 0 Å². The molecule has 128 valence electrons. The van der Waals surface area contributed by atoms with Crippen LogP contribution in [0.1, 0.15) is 21.7 Å². The molecule has 25 heavy (non-hydrogen) atoms. The zero-order chi connectivity index (χ0) is 17.6. The van der Waals surface area contributed by atoms with Gasteiger partial charge in [0.2, 0.25) is 0 Å². The van der Waals surface area contributed by atoms with Crippen molar-refractivity contribution < 1.29 is 9.63 Å². The molecule has 0 aliphatic heterocycles. The Kier molecular flexibility index (Phi) is 5.09. The molecular formula is C19H20N4O2. The van der Waals surface area contributed by atoms with Crippen molar-refractivity contribution >= 4 is 23.2 Å². The molecule has 0 bridgehead atoms. The van der Waals surface area contributed by atoms with Gasteiger partial charge in [-0.25, -0.2) is 4.98 Å². The summed E-state index contributed by atoms with van der Waals surface area (Å²) in [4.78, 5) is 21.4. The first-order valence-corrected chi connectivity index (χ1v) is 8.05. The van der Waals surface area contributed by atoms with Crippen molar-refractivity contribution in [1.82, 2.24) is 14.9 Å². The quantitative estimate of drug-likeness (QED) is 0.556. The zero-order valence-electron chi connectivity index (χ0n) is 14.3. The highest BCUT2D eigenvalue weighted by Gasteiger charge is 2.08. The maximum Gasteiger partial charge on any atom is 0.251 e. The SMILES string of the molecule is CO/N=C/c1ccc(C(=O)NCCn2c(C)nc3ccccc32)cc1. The van der Waals surface area contributed by atoms with Crippen molar-refractivity contribution in [2.75, 3.05) is 13.7 Å². The van der Waals surface area contributed by atoms with Crippen LogP contribution < -0.4 is 5.32 Å². The summed E-state index contributed by atoms with van der Waals surface area (Å²) in [5.74, 6) is 0.842.